The number of hydrogen-bond donors (Lipinski definition) is 0. The Balaban J connectivity index is 1.69. The van der Waals surface area contributed by atoms with E-state index >= 15 is 0 Å². The number of ketones is 1. The molecule has 4 rings (SSSR count). The third kappa shape index (κ3) is 3.91. The quantitative estimate of drug-likeness (QED) is 0.465. The lowest BCUT2D eigenvalue weighted by molar-refractivity contribution is 0.101. The molecular weight excluding hydrogens is 364 g/mol. The molecule has 0 amide bonds. The first-order valence-electron chi connectivity index (χ1n) is 9.25. The molecule has 0 N–H and O–H groups in total. The lowest BCUT2D eigenvalue weighted by Gasteiger charge is -2.11. The van der Waals surface area contributed by atoms with Gasteiger partial charge in [0.25, 0.3) is 0 Å². The van der Waals surface area contributed by atoms with Gasteiger partial charge in [0.2, 0.25) is 0 Å². The number of rotatable bonds is 6. The van der Waals surface area contributed by atoms with Crippen LogP contribution in [0, 0.1) is 0 Å². The number of hydrogen-bond acceptors (Lipinski definition) is 5. The summed E-state index contributed by atoms with van der Waals surface area (Å²) in [6, 6.07) is 23.4. The Morgan fingerprint density at radius 3 is 2.28 bits per heavy atom. The summed E-state index contributed by atoms with van der Waals surface area (Å²) < 4.78 is 7.00. The van der Waals surface area contributed by atoms with Gasteiger partial charge in [0.1, 0.15) is 5.75 Å². The third-order valence-electron chi connectivity index (χ3n) is 4.79. The minimum absolute atomic E-state index is 0.0493. The average Bonchev–Trinajstić information content (AvgIpc) is 3.22. The van der Waals surface area contributed by atoms with Crippen LogP contribution < -0.4 is 4.74 Å². The van der Waals surface area contributed by atoms with E-state index in [2.05, 4.69) is 15.5 Å². The Morgan fingerprint density at radius 2 is 1.62 bits per heavy atom. The minimum atomic E-state index is 0.0493. The number of Topliss-reactive ketones (excluding diaryl/α,β-unsaturated/α-hetero) is 1. The van der Waals surface area contributed by atoms with Gasteiger partial charge in [0, 0.05) is 11.1 Å². The Labute approximate surface area is 168 Å². The van der Waals surface area contributed by atoms with Gasteiger partial charge in [-0.05, 0) is 46.2 Å². The number of nitrogens with zero attached hydrogens (tertiary/aromatic N) is 4. The average molecular weight is 384 g/mol. The minimum Gasteiger partial charge on any atom is -0.497 e. The van der Waals surface area contributed by atoms with E-state index in [1.807, 2.05) is 72.8 Å². The molecule has 0 saturated carbocycles. The first-order chi connectivity index (χ1) is 14.2. The highest BCUT2D eigenvalue weighted by Crippen LogP contribution is 2.31. The molecule has 0 radical (unpaired) electrons. The summed E-state index contributed by atoms with van der Waals surface area (Å²) in [7, 11) is 1.65. The van der Waals surface area contributed by atoms with Crippen molar-refractivity contribution in [3.8, 4) is 28.3 Å². The van der Waals surface area contributed by atoms with Crippen LogP contribution in [0.3, 0.4) is 0 Å². The molecule has 0 unspecified atom stereocenters. The topological polar surface area (TPSA) is 69.9 Å². The van der Waals surface area contributed by atoms with Gasteiger partial charge in [-0.2, -0.15) is 0 Å². The summed E-state index contributed by atoms with van der Waals surface area (Å²) in [4.78, 5) is 11.6. The molecule has 0 aliphatic rings. The number of benzene rings is 3. The molecule has 6 heteroatoms. The lowest BCUT2D eigenvalue weighted by Crippen LogP contribution is -2.05. The second-order valence-electron chi connectivity index (χ2n) is 6.69. The summed E-state index contributed by atoms with van der Waals surface area (Å²) in [5, 5.41) is 12.3. The van der Waals surface area contributed by atoms with Crippen LogP contribution in [0.2, 0.25) is 0 Å². The van der Waals surface area contributed by atoms with E-state index in [9.17, 15) is 4.79 Å². The monoisotopic (exact) mass is 384 g/mol. The van der Waals surface area contributed by atoms with Gasteiger partial charge < -0.3 is 4.74 Å². The van der Waals surface area contributed by atoms with Crippen LogP contribution >= 0.6 is 0 Å². The van der Waals surface area contributed by atoms with Gasteiger partial charge in [-0.3, -0.25) is 4.79 Å². The second-order valence-corrected chi connectivity index (χ2v) is 6.69. The van der Waals surface area contributed by atoms with Gasteiger partial charge in [-0.25, -0.2) is 4.68 Å². The van der Waals surface area contributed by atoms with E-state index in [4.69, 9.17) is 4.74 Å². The van der Waals surface area contributed by atoms with Crippen LogP contribution in [0.4, 0.5) is 0 Å². The van der Waals surface area contributed by atoms with Crippen LogP contribution in [-0.4, -0.2) is 33.1 Å². The molecule has 29 heavy (non-hydrogen) atoms. The van der Waals surface area contributed by atoms with Crippen LogP contribution in [-0.2, 0) is 6.54 Å². The fourth-order valence-electron chi connectivity index (χ4n) is 3.22. The van der Waals surface area contributed by atoms with Gasteiger partial charge in [0.05, 0.1) is 13.7 Å². The van der Waals surface area contributed by atoms with E-state index in [0.29, 0.717) is 17.9 Å². The van der Waals surface area contributed by atoms with E-state index < -0.39 is 0 Å². The van der Waals surface area contributed by atoms with Crippen molar-refractivity contribution in [1.82, 2.24) is 20.2 Å². The van der Waals surface area contributed by atoms with Gasteiger partial charge >= 0.3 is 0 Å². The Bertz CT molecular complexity index is 1130. The van der Waals surface area contributed by atoms with E-state index in [0.717, 1.165) is 28.0 Å². The zero-order valence-corrected chi connectivity index (χ0v) is 16.2. The summed E-state index contributed by atoms with van der Waals surface area (Å²) in [6.07, 6.45) is 0. The predicted molar refractivity (Wildman–Crippen MR) is 111 cm³/mol. The summed E-state index contributed by atoms with van der Waals surface area (Å²) >= 11 is 0. The highest BCUT2D eigenvalue weighted by Gasteiger charge is 2.15. The molecule has 4 aromatic rings. The van der Waals surface area contributed by atoms with E-state index in [-0.39, 0.29) is 5.78 Å². The SMILES string of the molecule is COc1ccc(Cn2nnnc2-c2ccccc2-c2ccc(C(C)=O)cc2)cc1. The predicted octanol–water partition coefficient (Wildman–Crippen LogP) is 4.27. The van der Waals surface area contributed by atoms with E-state index in [1.165, 1.54) is 0 Å². The van der Waals surface area contributed by atoms with Crippen LogP contribution in [0.15, 0.2) is 72.8 Å². The smallest absolute Gasteiger partial charge is 0.182 e. The maximum Gasteiger partial charge on any atom is 0.182 e. The molecule has 144 valence electrons. The van der Waals surface area contributed by atoms with Crippen LogP contribution in [0.25, 0.3) is 22.5 Å². The maximum absolute atomic E-state index is 11.6. The fourth-order valence-corrected chi connectivity index (χ4v) is 3.22. The Hall–Kier alpha value is -3.80. The molecule has 3 aromatic carbocycles. The zero-order valence-electron chi connectivity index (χ0n) is 16.2. The van der Waals surface area contributed by atoms with Crippen molar-refractivity contribution in [2.45, 2.75) is 13.5 Å². The van der Waals surface area contributed by atoms with Crippen molar-refractivity contribution in [1.29, 1.82) is 0 Å². The molecular formula is C23H20N4O2. The largest absolute Gasteiger partial charge is 0.497 e. The van der Waals surface area contributed by atoms with Crippen molar-refractivity contribution >= 4 is 5.78 Å². The molecule has 1 aromatic heterocycles. The van der Waals surface area contributed by atoms with Gasteiger partial charge in [-0.1, -0.05) is 60.7 Å². The number of carbonyl (C=O) groups excluding carboxylic acids is 1. The van der Waals surface area contributed by atoms with Crippen molar-refractivity contribution in [3.63, 3.8) is 0 Å². The van der Waals surface area contributed by atoms with Crippen molar-refractivity contribution in [2.75, 3.05) is 7.11 Å². The fraction of sp³-hybridized carbons (Fsp3) is 0.130. The summed E-state index contributed by atoms with van der Waals surface area (Å²) in [5.74, 6) is 1.55. The molecule has 0 aliphatic carbocycles. The molecule has 0 aliphatic heterocycles. The zero-order chi connectivity index (χ0) is 20.2. The standard InChI is InChI=1S/C23H20N4O2/c1-16(28)18-9-11-19(12-10-18)21-5-3-4-6-22(21)23-24-25-26-27(23)15-17-7-13-20(29-2)14-8-17/h3-14H,15H2,1-2H3. The number of carbonyl (C=O) groups is 1. The molecule has 1 heterocycles. The molecule has 0 spiro atoms. The first-order valence-corrected chi connectivity index (χ1v) is 9.25. The van der Waals surface area contributed by atoms with Gasteiger partial charge in [-0.15, -0.1) is 5.10 Å². The van der Waals surface area contributed by atoms with Crippen LogP contribution in [0.5, 0.6) is 5.75 Å². The van der Waals surface area contributed by atoms with Crippen LogP contribution in [0.1, 0.15) is 22.8 Å². The highest BCUT2D eigenvalue weighted by molar-refractivity contribution is 5.94. The Morgan fingerprint density at radius 1 is 0.931 bits per heavy atom. The number of methoxy groups -OCH3 is 1. The first kappa shape index (κ1) is 18.6. The van der Waals surface area contributed by atoms with Crippen molar-refractivity contribution in [2.24, 2.45) is 0 Å². The second kappa shape index (κ2) is 8.06. The van der Waals surface area contributed by atoms with E-state index in [1.54, 1.807) is 18.7 Å². The summed E-state index contributed by atoms with van der Waals surface area (Å²) in [6.45, 7) is 2.11. The molecule has 6 nitrogen and oxygen atoms in total. The highest BCUT2D eigenvalue weighted by atomic mass is 16.5. The number of ether oxygens (including phenoxy) is 1. The lowest BCUT2D eigenvalue weighted by atomic mass is 9.97. The normalized spacial score (nSPS) is 10.7. The Kier molecular flexibility index (Phi) is 5.16. The van der Waals surface area contributed by atoms with Crippen molar-refractivity contribution < 1.29 is 9.53 Å². The van der Waals surface area contributed by atoms with Gasteiger partial charge in [0.15, 0.2) is 11.6 Å². The summed E-state index contributed by atoms with van der Waals surface area (Å²) in [5.41, 5.74) is 4.71. The number of aromatic nitrogens is 4. The number of tetrazole rings is 1. The van der Waals surface area contributed by atoms with Crippen molar-refractivity contribution in [3.05, 3.63) is 83.9 Å². The molecule has 0 bridgehead atoms. The molecule has 0 fully saturated rings. The molecule has 0 saturated heterocycles. The maximum atomic E-state index is 11.6. The molecule has 0 atom stereocenters. The third-order valence-corrected chi connectivity index (χ3v) is 4.79.